The molecule has 0 spiro atoms. The Kier molecular flexibility index (Phi) is 3.55. The Labute approximate surface area is 123 Å². The van der Waals surface area contributed by atoms with Crippen molar-refractivity contribution < 1.29 is 14.3 Å². The van der Waals surface area contributed by atoms with Gasteiger partial charge in [0.05, 0.1) is 6.54 Å². The second-order valence-electron chi connectivity index (χ2n) is 5.30. The van der Waals surface area contributed by atoms with Gasteiger partial charge in [-0.05, 0) is 37.1 Å². The van der Waals surface area contributed by atoms with E-state index < -0.39 is 0 Å². The van der Waals surface area contributed by atoms with E-state index in [2.05, 4.69) is 0 Å². The summed E-state index contributed by atoms with van der Waals surface area (Å²) in [5.41, 5.74) is 8.40. The summed E-state index contributed by atoms with van der Waals surface area (Å²) >= 11 is 0. The first kappa shape index (κ1) is 13.9. The van der Waals surface area contributed by atoms with Crippen LogP contribution in [0.15, 0.2) is 18.2 Å². The van der Waals surface area contributed by atoms with Crippen LogP contribution in [0.5, 0.6) is 0 Å². The lowest BCUT2D eigenvalue weighted by atomic mass is 10.00. The first-order valence-electron chi connectivity index (χ1n) is 7.25. The standard InChI is InChI=1S/C15H19N3O3/c1-2-17-13-5-4-11(7-10(13)3-6-14(17)19)18-9-12(8-16)21-15(18)20/h4-5,7,12H,2-3,6,8-9,16H2,1H3/t12-/m0/s1. The van der Waals surface area contributed by atoms with Gasteiger partial charge in [0.15, 0.2) is 0 Å². The molecule has 0 radical (unpaired) electrons. The van der Waals surface area contributed by atoms with E-state index >= 15 is 0 Å². The van der Waals surface area contributed by atoms with Crippen molar-refractivity contribution in [2.24, 2.45) is 5.73 Å². The van der Waals surface area contributed by atoms with Crippen molar-refractivity contribution in [2.75, 3.05) is 29.4 Å². The maximum atomic E-state index is 11.9. The van der Waals surface area contributed by atoms with E-state index in [0.717, 1.165) is 16.9 Å². The number of hydrogen-bond donors (Lipinski definition) is 1. The molecule has 2 aliphatic heterocycles. The molecule has 1 aromatic rings. The minimum atomic E-state index is -0.357. The van der Waals surface area contributed by atoms with E-state index in [1.807, 2.05) is 25.1 Å². The molecule has 6 nitrogen and oxygen atoms in total. The van der Waals surface area contributed by atoms with Gasteiger partial charge in [0.2, 0.25) is 5.91 Å². The van der Waals surface area contributed by atoms with E-state index in [1.165, 1.54) is 0 Å². The van der Waals surface area contributed by atoms with Crippen LogP contribution < -0.4 is 15.5 Å². The number of aryl methyl sites for hydroxylation is 1. The minimum Gasteiger partial charge on any atom is -0.443 e. The van der Waals surface area contributed by atoms with Crippen LogP contribution in [0.3, 0.4) is 0 Å². The molecule has 3 rings (SSSR count). The zero-order chi connectivity index (χ0) is 15.0. The van der Waals surface area contributed by atoms with Crippen LogP contribution in [0.25, 0.3) is 0 Å². The number of ether oxygens (including phenoxy) is 1. The topological polar surface area (TPSA) is 75.9 Å². The van der Waals surface area contributed by atoms with Crippen LogP contribution >= 0.6 is 0 Å². The molecule has 112 valence electrons. The number of benzene rings is 1. The van der Waals surface area contributed by atoms with Gasteiger partial charge in [-0.25, -0.2) is 4.79 Å². The van der Waals surface area contributed by atoms with Gasteiger partial charge < -0.3 is 15.4 Å². The molecule has 21 heavy (non-hydrogen) atoms. The SMILES string of the molecule is CCN1C(=O)CCc2cc(N3C[C@H](CN)OC3=O)ccc21. The Morgan fingerprint density at radius 2 is 2.14 bits per heavy atom. The maximum absolute atomic E-state index is 11.9. The van der Waals surface area contributed by atoms with Crippen molar-refractivity contribution >= 4 is 23.4 Å². The number of nitrogens with zero attached hydrogens (tertiary/aromatic N) is 2. The average molecular weight is 289 g/mol. The largest absolute Gasteiger partial charge is 0.443 e. The second kappa shape index (κ2) is 5.37. The summed E-state index contributed by atoms with van der Waals surface area (Å²) in [5, 5.41) is 0. The Bertz CT molecular complexity index is 588. The predicted molar refractivity (Wildman–Crippen MR) is 79.5 cm³/mol. The monoisotopic (exact) mass is 289 g/mol. The molecule has 2 N–H and O–H groups in total. The van der Waals surface area contributed by atoms with Crippen LogP contribution in [-0.2, 0) is 16.0 Å². The fraction of sp³-hybridized carbons (Fsp3) is 0.467. The van der Waals surface area contributed by atoms with Crippen molar-refractivity contribution in [2.45, 2.75) is 25.9 Å². The van der Waals surface area contributed by atoms with Crippen LogP contribution in [-0.4, -0.2) is 37.7 Å². The van der Waals surface area contributed by atoms with Crippen molar-refractivity contribution in [3.8, 4) is 0 Å². The number of carbonyl (C=O) groups is 2. The van der Waals surface area contributed by atoms with Gasteiger partial charge in [-0.1, -0.05) is 0 Å². The molecular weight excluding hydrogens is 270 g/mol. The Hall–Kier alpha value is -2.08. The highest BCUT2D eigenvalue weighted by Crippen LogP contribution is 2.32. The highest BCUT2D eigenvalue weighted by atomic mass is 16.6. The number of rotatable bonds is 3. The summed E-state index contributed by atoms with van der Waals surface area (Å²) in [6, 6.07) is 5.75. The summed E-state index contributed by atoms with van der Waals surface area (Å²) < 4.78 is 5.18. The molecule has 6 heteroatoms. The molecule has 0 aliphatic carbocycles. The van der Waals surface area contributed by atoms with E-state index in [0.29, 0.717) is 32.5 Å². The number of hydrogen-bond acceptors (Lipinski definition) is 4. The van der Waals surface area contributed by atoms with E-state index in [9.17, 15) is 9.59 Å². The van der Waals surface area contributed by atoms with Gasteiger partial charge in [0.25, 0.3) is 0 Å². The summed E-state index contributed by atoms with van der Waals surface area (Å²) in [6.07, 6.45) is 0.619. The second-order valence-corrected chi connectivity index (χ2v) is 5.30. The van der Waals surface area contributed by atoms with Gasteiger partial charge in [-0.3, -0.25) is 9.69 Å². The lowest BCUT2D eigenvalue weighted by Crippen LogP contribution is -2.35. The number of anilines is 2. The lowest BCUT2D eigenvalue weighted by Gasteiger charge is -2.29. The van der Waals surface area contributed by atoms with Crippen molar-refractivity contribution in [1.82, 2.24) is 0 Å². The fourth-order valence-electron chi connectivity index (χ4n) is 2.92. The summed E-state index contributed by atoms with van der Waals surface area (Å²) in [5.74, 6) is 0.154. The third-order valence-corrected chi connectivity index (χ3v) is 4.03. The summed E-state index contributed by atoms with van der Waals surface area (Å²) in [4.78, 5) is 27.1. The van der Waals surface area contributed by atoms with Gasteiger partial charge in [-0.15, -0.1) is 0 Å². The first-order valence-corrected chi connectivity index (χ1v) is 7.25. The highest BCUT2D eigenvalue weighted by Gasteiger charge is 2.32. The van der Waals surface area contributed by atoms with Gasteiger partial charge >= 0.3 is 6.09 Å². The Balaban J connectivity index is 1.90. The molecule has 2 amide bonds. The number of amides is 2. The zero-order valence-corrected chi connectivity index (χ0v) is 12.0. The first-order chi connectivity index (χ1) is 10.1. The van der Waals surface area contributed by atoms with Crippen LogP contribution in [0.1, 0.15) is 18.9 Å². The smallest absolute Gasteiger partial charge is 0.414 e. The number of carbonyl (C=O) groups excluding carboxylic acids is 2. The third-order valence-electron chi connectivity index (χ3n) is 4.03. The zero-order valence-electron chi connectivity index (χ0n) is 12.0. The number of cyclic esters (lactones) is 1. The lowest BCUT2D eigenvalue weighted by molar-refractivity contribution is -0.118. The molecule has 1 fully saturated rings. The molecule has 0 saturated carbocycles. The molecule has 2 aliphatic rings. The van der Waals surface area contributed by atoms with Gasteiger partial charge in [-0.2, -0.15) is 0 Å². The van der Waals surface area contributed by atoms with E-state index in [4.69, 9.17) is 10.5 Å². The predicted octanol–water partition coefficient (Wildman–Crippen LogP) is 1.27. The van der Waals surface area contributed by atoms with E-state index in [1.54, 1.807) is 9.80 Å². The molecule has 0 unspecified atom stereocenters. The average Bonchev–Trinajstić information content (AvgIpc) is 2.88. The van der Waals surface area contributed by atoms with E-state index in [-0.39, 0.29) is 18.1 Å². The van der Waals surface area contributed by atoms with Crippen LogP contribution in [0.2, 0.25) is 0 Å². The molecular formula is C15H19N3O3. The molecule has 1 saturated heterocycles. The number of fused-ring (bicyclic) bond motifs is 1. The molecule has 0 aromatic heterocycles. The molecule has 0 bridgehead atoms. The maximum Gasteiger partial charge on any atom is 0.414 e. The van der Waals surface area contributed by atoms with Crippen molar-refractivity contribution in [3.63, 3.8) is 0 Å². The third kappa shape index (κ3) is 2.35. The fourth-order valence-corrected chi connectivity index (χ4v) is 2.92. The Morgan fingerprint density at radius 3 is 2.81 bits per heavy atom. The summed E-state index contributed by atoms with van der Waals surface area (Å²) in [6.45, 7) is 3.42. The summed E-state index contributed by atoms with van der Waals surface area (Å²) in [7, 11) is 0. The van der Waals surface area contributed by atoms with Crippen molar-refractivity contribution in [3.05, 3.63) is 23.8 Å². The molecule has 2 heterocycles. The Morgan fingerprint density at radius 1 is 1.33 bits per heavy atom. The number of nitrogens with two attached hydrogens (primary N) is 1. The van der Waals surface area contributed by atoms with Crippen LogP contribution in [0.4, 0.5) is 16.2 Å². The van der Waals surface area contributed by atoms with Crippen molar-refractivity contribution in [1.29, 1.82) is 0 Å². The van der Waals surface area contributed by atoms with Crippen LogP contribution in [0, 0.1) is 0 Å². The molecule has 1 aromatic carbocycles. The normalized spacial score (nSPS) is 21.5. The molecule has 1 atom stereocenters. The van der Waals surface area contributed by atoms with Gasteiger partial charge in [0, 0.05) is 30.9 Å². The quantitative estimate of drug-likeness (QED) is 0.909. The highest BCUT2D eigenvalue weighted by molar-refractivity contribution is 5.97. The minimum absolute atomic E-state index is 0.154. The van der Waals surface area contributed by atoms with Gasteiger partial charge in [0.1, 0.15) is 6.10 Å².